The number of rotatable bonds is 4. The molecular weight excluding hydrogens is 234 g/mol. The lowest BCUT2D eigenvalue weighted by atomic mass is 9.80. The maximum Gasteiger partial charge on any atom is 0.306 e. The standard InChI is InChI=1S/C13H23NO4/c1-13(2,8-15)14(3)11(16)9-5-4-6-10(7-9)12(17)18/h9-10,15H,4-8H2,1-3H3,(H,17,18). The van der Waals surface area contributed by atoms with E-state index in [1.807, 2.05) is 0 Å². The Bertz CT molecular complexity index is 327. The molecule has 0 aromatic carbocycles. The minimum absolute atomic E-state index is 0.0556. The SMILES string of the molecule is CN(C(=O)C1CCCC(C(=O)O)C1)C(C)(C)CO. The van der Waals surface area contributed by atoms with Crippen molar-refractivity contribution in [3.05, 3.63) is 0 Å². The third kappa shape index (κ3) is 3.22. The van der Waals surface area contributed by atoms with E-state index in [0.717, 1.165) is 12.8 Å². The van der Waals surface area contributed by atoms with Crippen molar-refractivity contribution in [1.82, 2.24) is 4.90 Å². The zero-order chi connectivity index (χ0) is 13.9. The van der Waals surface area contributed by atoms with Gasteiger partial charge < -0.3 is 15.1 Å². The summed E-state index contributed by atoms with van der Waals surface area (Å²) in [4.78, 5) is 24.8. The number of carboxylic acids is 1. The molecule has 2 unspecified atom stereocenters. The number of hydrogen-bond acceptors (Lipinski definition) is 3. The number of aliphatic hydroxyl groups is 1. The normalized spacial score (nSPS) is 24.7. The summed E-state index contributed by atoms with van der Waals surface area (Å²) in [5.74, 6) is -1.49. The Balaban J connectivity index is 2.69. The van der Waals surface area contributed by atoms with Crippen LogP contribution < -0.4 is 0 Å². The van der Waals surface area contributed by atoms with Crippen molar-refractivity contribution >= 4 is 11.9 Å². The van der Waals surface area contributed by atoms with E-state index in [1.54, 1.807) is 25.8 Å². The summed E-state index contributed by atoms with van der Waals surface area (Å²) in [6.45, 7) is 3.48. The maximum atomic E-state index is 12.3. The fourth-order valence-electron chi connectivity index (χ4n) is 2.32. The number of carbonyl (C=O) groups excluding carboxylic acids is 1. The molecule has 1 aliphatic carbocycles. The van der Waals surface area contributed by atoms with E-state index < -0.39 is 17.4 Å². The molecule has 1 rings (SSSR count). The molecule has 5 nitrogen and oxygen atoms in total. The first-order chi connectivity index (χ1) is 8.29. The van der Waals surface area contributed by atoms with Crippen LogP contribution in [0.5, 0.6) is 0 Å². The Kier molecular flexibility index (Phi) is 4.73. The number of carboxylic acid groups (broad SMARTS) is 1. The minimum Gasteiger partial charge on any atom is -0.481 e. The van der Waals surface area contributed by atoms with Gasteiger partial charge in [-0.2, -0.15) is 0 Å². The van der Waals surface area contributed by atoms with Gasteiger partial charge in [0, 0.05) is 13.0 Å². The van der Waals surface area contributed by atoms with Gasteiger partial charge in [-0.1, -0.05) is 6.42 Å². The van der Waals surface area contributed by atoms with Crippen molar-refractivity contribution in [2.24, 2.45) is 11.8 Å². The molecule has 2 atom stereocenters. The molecule has 0 radical (unpaired) electrons. The highest BCUT2D eigenvalue weighted by atomic mass is 16.4. The van der Waals surface area contributed by atoms with Gasteiger partial charge in [-0.3, -0.25) is 9.59 Å². The van der Waals surface area contributed by atoms with Crippen LogP contribution in [-0.2, 0) is 9.59 Å². The molecule has 1 saturated carbocycles. The fourth-order valence-corrected chi connectivity index (χ4v) is 2.32. The summed E-state index contributed by atoms with van der Waals surface area (Å²) in [7, 11) is 1.67. The summed E-state index contributed by atoms with van der Waals surface area (Å²) >= 11 is 0. The molecule has 0 aromatic heterocycles. The Hall–Kier alpha value is -1.10. The van der Waals surface area contributed by atoms with Crippen LogP contribution in [0.25, 0.3) is 0 Å². The summed E-state index contributed by atoms with van der Waals surface area (Å²) in [5.41, 5.74) is -0.604. The van der Waals surface area contributed by atoms with Gasteiger partial charge in [-0.15, -0.1) is 0 Å². The van der Waals surface area contributed by atoms with E-state index >= 15 is 0 Å². The van der Waals surface area contributed by atoms with Gasteiger partial charge in [0.05, 0.1) is 18.1 Å². The molecule has 0 bridgehead atoms. The van der Waals surface area contributed by atoms with Crippen molar-refractivity contribution < 1.29 is 19.8 Å². The number of likely N-dealkylation sites (N-methyl/N-ethyl adjacent to an activating group) is 1. The lowest BCUT2D eigenvalue weighted by molar-refractivity contribution is -0.147. The number of amides is 1. The summed E-state index contributed by atoms with van der Waals surface area (Å²) in [6, 6.07) is 0. The van der Waals surface area contributed by atoms with E-state index in [2.05, 4.69) is 0 Å². The van der Waals surface area contributed by atoms with Gasteiger partial charge in [-0.25, -0.2) is 0 Å². The summed E-state index contributed by atoms with van der Waals surface area (Å²) in [5, 5.41) is 18.3. The van der Waals surface area contributed by atoms with Crippen LogP contribution >= 0.6 is 0 Å². The van der Waals surface area contributed by atoms with E-state index in [0.29, 0.717) is 12.8 Å². The highest BCUT2D eigenvalue weighted by molar-refractivity contribution is 5.80. The Morgan fingerprint density at radius 1 is 1.28 bits per heavy atom. The van der Waals surface area contributed by atoms with Gasteiger partial charge in [0.25, 0.3) is 0 Å². The molecule has 0 aliphatic heterocycles. The molecule has 0 saturated heterocycles. The van der Waals surface area contributed by atoms with Crippen LogP contribution in [0, 0.1) is 11.8 Å². The second kappa shape index (κ2) is 5.69. The number of hydrogen-bond donors (Lipinski definition) is 2. The summed E-state index contributed by atoms with van der Waals surface area (Å²) in [6.07, 6.45) is 2.60. The van der Waals surface area contributed by atoms with Crippen molar-refractivity contribution in [2.45, 2.75) is 45.1 Å². The Labute approximate surface area is 108 Å². The zero-order valence-electron chi connectivity index (χ0n) is 11.3. The van der Waals surface area contributed by atoms with E-state index in [9.17, 15) is 14.7 Å². The maximum absolute atomic E-state index is 12.3. The van der Waals surface area contributed by atoms with Crippen LogP contribution in [-0.4, -0.2) is 46.2 Å². The molecule has 1 aliphatic rings. The Morgan fingerprint density at radius 3 is 2.33 bits per heavy atom. The molecule has 1 amide bonds. The van der Waals surface area contributed by atoms with Gasteiger partial charge in [0.2, 0.25) is 5.91 Å². The number of carbonyl (C=O) groups is 2. The van der Waals surface area contributed by atoms with Crippen molar-refractivity contribution in [1.29, 1.82) is 0 Å². The number of nitrogens with zero attached hydrogens (tertiary/aromatic N) is 1. The van der Waals surface area contributed by atoms with Crippen LogP contribution in [0.4, 0.5) is 0 Å². The molecule has 1 fully saturated rings. The third-order valence-electron chi connectivity index (χ3n) is 4.00. The topological polar surface area (TPSA) is 77.8 Å². The number of aliphatic carboxylic acids is 1. The van der Waals surface area contributed by atoms with E-state index in [4.69, 9.17) is 5.11 Å². The molecule has 0 aromatic rings. The fraction of sp³-hybridized carbons (Fsp3) is 0.846. The zero-order valence-corrected chi connectivity index (χ0v) is 11.3. The van der Waals surface area contributed by atoms with Crippen LogP contribution in [0.15, 0.2) is 0 Å². The minimum atomic E-state index is -0.809. The smallest absolute Gasteiger partial charge is 0.306 e. The Morgan fingerprint density at radius 2 is 1.83 bits per heavy atom. The lowest BCUT2D eigenvalue weighted by Crippen LogP contribution is -2.50. The van der Waals surface area contributed by atoms with E-state index in [-0.39, 0.29) is 18.4 Å². The predicted octanol–water partition coefficient (Wildman–Crippen LogP) is 1.11. The largest absolute Gasteiger partial charge is 0.481 e. The van der Waals surface area contributed by atoms with Crippen molar-refractivity contribution in [3.8, 4) is 0 Å². The van der Waals surface area contributed by atoms with Crippen LogP contribution in [0.2, 0.25) is 0 Å². The quantitative estimate of drug-likeness (QED) is 0.790. The first-order valence-electron chi connectivity index (χ1n) is 6.41. The second-order valence-corrected chi connectivity index (χ2v) is 5.77. The molecular formula is C13H23NO4. The highest BCUT2D eigenvalue weighted by Gasteiger charge is 2.36. The first-order valence-corrected chi connectivity index (χ1v) is 6.41. The van der Waals surface area contributed by atoms with Gasteiger partial charge in [0.1, 0.15) is 0 Å². The molecule has 104 valence electrons. The van der Waals surface area contributed by atoms with Crippen LogP contribution in [0.1, 0.15) is 39.5 Å². The molecule has 2 N–H and O–H groups in total. The van der Waals surface area contributed by atoms with Crippen molar-refractivity contribution in [3.63, 3.8) is 0 Å². The van der Waals surface area contributed by atoms with Gasteiger partial charge in [-0.05, 0) is 33.1 Å². The van der Waals surface area contributed by atoms with Crippen molar-refractivity contribution in [2.75, 3.05) is 13.7 Å². The average Bonchev–Trinajstić information content (AvgIpc) is 2.37. The monoisotopic (exact) mass is 257 g/mol. The lowest BCUT2D eigenvalue weighted by Gasteiger charge is -2.38. The number of aliphatic hydroxyl groups excluding tert-OH is 1. The van der Waals surface area contributed by atoms with Gasteiger partial charge >= 0.3 is 5.97 Å². The molecule has 0 spiro atoms. The predicted molar refractivity (Wildman–Crippen MR) is 67.0 cm³/mol. The van der Waals surface area contributed by atoms with E-state index in [1.165, 1.54) is 0 Å². The second-order valence-electron chi connectivity index (χ2n) is 5.77. The molecule has 18 heavy (non-hydrogen) atoms. The molecule has 5 heteroatoms. The van der Waals surface area contributed by atoms with Gasteiger partial charge in [0.15, 0.2) is 0 Å². The molecule has 0 heterocycles. The third-order valence-corrected chi connectivity index (χ3v) is 4.00. The summed E-state index contributed by atoms with van der Waals surface area (Å²) < 4.78 is 0. The first kappa shape index (κ1) is 15.0. The highest BCUT2D eigenvalue weighted by Crippen LogP contribution is 2.31. The van der Waals surface area contributed by atoms with Crippen LogP contribution in [0.3, 0.4) is 0 Å². The average molecular weight is 257 g/mol.